The first-order valence-corrected chi connectivity index (χ1v) is 5.50. The van der Waals surface area contributed by atoms with Crippen molar-refractivity contribution in [2.75, 3.05) is 13.7 Å². The number of methoxy groups -OCH3 is 1. The van der Waals surface area contributed by atoms with Crippen LogP contribution in [0.3, 0.4) is 0 Å². The molecule has 0 saturated carbocycles. The van der Waals surface area contributed by atoms with Crippen LogP contribution in [0.4, 0.5) is 22.0 Å². The molecule has 0 amide bonds. The van der Waals surface area contributed by atoms with E-state index in [9.17, 15) is 26.7 Å². The zero-order valence-corrected chi connectivity index (χ0v) is 10.4. The highest BCUT2D eigenvalue weighted by molar-refractivity contribution is 5.77. The standard InChI is InChI=1S/C12H12F5NO2/c1-20-11(19)9(18-6-12(15,16)17)7-2-4-8(5-3-7)10(13)14/h2-5,9-10,18H,6H2,1H3. The van der Waals surface area contributed by atoms with Gasteiger partial charge in [0, 0.05) is 5.56 Å². The summed E-state index contributed by atoms with van der Waals surface area (Å²) < 4.78 is 65.6. The van der Waals surface area contributed by atoms with E-state index in [0.29, 0.717) is 0 Å². The molecule has 8 heteroatoms. The maximum Gasteiger partial charge on any atom is 0.401 e. The van der Waals surface area contributed by atoms with Crippen molar-refractivity contribution in [3.8, 4) is 0 Å². The van der Waals surface area contributed by atoms with Crippen molar-refractivity contribution in [2.24, 2.45) is 0 Å². The molecule has 1 unspecified atom stereocenters. The Morgan fingerprint density at radius 1 is 1.20 bits per heavy atom. The second-order valence-corrected chi connectivity index (χ2v) is 3.92. The predicted octanol–water partition coefficient (Wildman–Crippen LogP) is 2.99. The molecule has 0 radical (unpaired) electrons. The summed E-state index contributed by atoms with van der Waals surface area (Å²) in [5, 5.41) is 1.99. The molecule has 0 heterocycles. The maximum absolute atomic E-state index is 12.4. The molecule has 1 aromatic rings. The third-order valence-electron chi connectivity index (χ3n) is 2.47. The number of halogens is 5. The highest BCUT2D eigenvalue weighted by Gasteiger charge is 2.31. The van der Waals surface area contributed by atoms with Crippen LogP contribution in [0.25, 0.3) is 0 Å². The molecule has 1 aromatic carbocycles. The number of alkyl halides is 5. The van der Waals surface area contributed by atoms with Crippen LogP contribution in [0.1, 0.15) is 23.6 Å². The molecule has 0 aromatic heterocycles. The molecule has 112 valence electrons. The first-order chi connectivity index (χ1) is 9.24. The van der Waals surface area contributed by atoms with E-state index in [1.807, 2.05) is 5.32 Å². The molecule has 1 N–H and O–H groups in total. The summed E-state index contributed by atoms with van der Waals surface area (Å²) in [6, 6.07) is 3.04. The molecular weight excluding hydrogens is 285 g/mol. The predicted molar refractivity (Wildman–Crippen MR) is 60.2 cm³/mol. The van der Waals surface area contributed by atoms with Crippen molar-refractivity contribution >= 4 is 5.97 Å². The molecule has 1 rings (SSSR count). The van der Waals surface area contributed by atoms with Crippen LogP contribution in [0, 0.1) is 0 Å². The van der Waals surface area contributed by atoms with Gasteiger partial charge in [0.15, 0.2) is 0 Å². The quantitative estimate of drug-likeness (QED) is 0.671. The van der Waals surface area contributed by atoms with Crippen molar-refractivity contribution in [3.05, 3.63) is 35.4 Å². The van der Waals surface area contributed by atoms with E-state index in [4.69, 9.17) is 0 Å². The molecule has 1 atom stereocenters. The molecule has 0 aliphatic carbocycles. The summed E-state index contributed by atoms with van der Waals surface area (Å²) >= 11 is 0. The van der Waals surface area contributed by atoms with Crippen LogP contribution in [0.15, 0.2) is 24.3 Å². The van der Waals surface area contributed by atoms with Gasteiger partial charge in [0.05, 0.1) is 13.7 Å². The van der Waals surface area contributed by atoms with Crippen LogP contribution >= 0.6 is 0 Å². The average Bonchev–Trinajstić information content (AvgIpc) is 2.37. The molecular formula is C12H12F5NO2. The topological polar surface area (TPSA) is 38.3 Å². The maximum atomic E-state index is 12.4. The van der Waals surface area contributed by atoms with E-state index in [-0.39, 0.29) is 11.1 Å². The zero-order valence-electron chi connectivity index (χ0n) is 10.4. The van der Waals surface area contributed by atoms with E-state index < -0.39 is 31.2 Å². The first-order valence-electron chi connectivity index (χ1n) is 5.50. The Morgan fingerprint density at radius 3 is 2.10 bits per heavy atom. The Hall–Kier alpha value is -1.70. The highest BCUT2D eigenvalue weighted by atomic mass is 19.4. The summed E-state index contributed by atoms with van der Waals surface area (Å²) in [7, 11) is 1.03. The smallest absolute Gasteiger partial charge is 0.401 e. The fourth-order valence-electron chi connectivity index (χ4n) is 1.51. The third kappa shape index (κ3) is 4.76. The van der Waals surface area contributed by atoms with Gasteiger partial charge < -0.3 is 4.74 Å². The summed E-state index contributed by atoms with van der Waals surface area (Å²) in [6.07, 6.45) is -7.20. The number of ether oxygens (including phenoxy) is 1. The number of carbonyl (C=O) groups excluding carboxylic acids is 1. The van der Waals surface area contributed by atoms with Gasteiger partial charge in [-0.15, -0.1) is 0 Å². The first kappa shape index (κ1) is 16.4. The second kappa shape index (κ2) is 6.65. The number of carbonyl (C=O) groups is 1. The van der Waals surface area contributed by atoms with Crippen LogP contribution < -0.4 is 5.32 Å². The Balaban J connectivity index is 2.90. The van der Waals surface area contributed by atoms with E-state index in [1.54, 1.807) is 0 Å². The molecule has 3 nitrogen and oxygen atoms in total. The Labute approximate surface area is 111 Å². The lowest BCUT2D eigenvalue weighted by Gasteiger charge is -2.18. The highest BCUT2D eigenvalue weighted by Crippen LogP contribution is 2.23. The minimum absolute atomic E-state index is 0.116. The van der Waals surface area contributed by atoms with Crippen LogP contribution in [-0.4, -0.2) is 25.8 Å². The molecule has 0 aliphatic heterocycles. The van der Waals surface area contributed by atoms with Gasteiger partial charge in [-0.25, -0.2) is 13.6 Å². The third-order valence-corrected chi connectivity index (χ3v) is 2.47. The SMILES string of the molecule is COC(=O)C(NCC(F)(F)F)c1ccc(C(F)F)cc1. The van der Waals surface area contributed by atoms with Crippen molar-refractivity contribution in [1.29, 1.82) is 0 Å². The fourth-order valence-corrected chi connectivity index (χ4v) is 1.51. The number of esters is 1. The minimum atomic E-state index is -4.50. The minimum Gasteiger partial charge on any atom is -0.468 e. The van der Waals surface area contributed by atoms with Crippen molar-refractivity contribution in [3.63, 3.8) is 0 Å². The number of nitrogens with one attached hydrogen (secondary N) is 1. The summed E-state index contributed by atoms with van der Waals surface area (Å²) in [5.74, 6) is -0.931. The van der Waals surface area contributed by atoms with Crippen LogP contribution in [0.2, 0.25) is 0 Å². The summed E-state index contributed by atoms with van der Waals surface area (Å²) in [5.41, 5.74) is -0.168. The van der Waals surface area contributed by atoms with Gasteiger partial charge >= 0.3 is 12.1 Å². The number of rotatable bonds is 5. The summed E-state index contributed by atoms with van der Waals surface area (Å²) in [4.78, 5) is 11.4. The molecule has 0 saturated heterocycles. The largest absolute Gasteiger partial charge is 0.468 e. The monoisotopic (exact) mass is 297 g/mol. The Bertz CT molecular complexity index is 444. The number of hydrogen-bond donors (Lipinski definition) is 1. The van der Waals surface area contributed by atoms with Crippen molar-refractivity contribution < 1.29 is 31.5 Å². The van der Waals surface area contributed by atoms with Gasteiger partial charge in [-0.05, 0) is 5.56 Å². The summed E-state index contributed by atoms with van der Waals surface area (Å²) in [6.45, 7) is -1.40. The van der Waals surface area contributed by atoms with Gasteiger partial charge in [0.2, 0.25) is 0 Å². The zero-order chi connectivity index (χ0) is 15.3. The molecule has 20 heavy (non-hydrogen) atoms. The van der Waals surface area contributed by atoms with E-state index >= 15 is 0 Å². The van der Waals surface area contributed by atoms with Gasteiger partial charge in [-0.2, -0.15) is 13.2 Å². The Kier molecular flexibility index (Phi) is 5.43. The van der Waals surface area contributed by atoms with E-state index in [2.05, 4.69) is 4.74 Å². The molecule has 0 spiro atoms. The lowest BCUT2D eigenvalue weighted by Crippen LogP contribution is -2.36. The fraction of sp³-hybridized carbons (Fsp3) is 0.417. The Morgan fingerprint density at radius 2 is 1.70 bits per heavy atom. The lowest BCUT2D eigenvalue weighted by atomic mass is 10.0. The molecule has 0 aliphatic rings. The van der Waals surface area contributed by atoms with Gasteiger partial charge in [0.1, 0.15) is 6.04 Å². The molecule has 0 bridgehead atoms. The number of benzene rings is 1. The van der Waals surface area contributed by atoms with E-state index in [1.165, 1.54) is 0 Å². The lowest BCUT2D eigenvalue weighted by molar-refractivity contribution is -0.146. The van der Waals surface area contributed by atoms with Crippen molar-refractivity contribution in [2.45, 2.75) is 18.6 Å². The molecule has 0 fully saturated rings. The van der Waals surface area contributed by atoms with Crippen LogP contribution in [-0.2, 0) is 9.53 Å². The average molecular weight is 297 g/mol. The van der Waals surface area contributed by atoms with E-state index in [0.717, 1.165) is 31.4 Å². The van der Waals surface area contributed by atoms with Crippen molar-refractivity contribution in [1.82, 2.24) is 5.32 Å². The van der Waals surface area contributed by atoms with Crippen LogP contribution in [0.5, 0.6) is 0 Å². The number of hydrogen-bond acceptors (Lipinski definition) is 3. The van der Waals surface area contributed by atoms with Gasteiger partial charge in [-0.3, -0.25) is 5.32 Å². The normalized spacial score (nSPS) is 13.3. The van der Waals surface area contributed by atoms with Gasteiger partial charge in [0.25, 0.3) is 6.43 Å². The van der Waals surface area contributed by atoms with Gasteiger partial charge in [-0.1, -0.05) is 24.3 Å². The second-order valence-electron chi connectivity index (χ2n) is 3.92.